The van der Waals surface area contributed by atoms with Crippen molar-refractivity contribution in [3.63, 3.8) is 0 Å². The highest BCUT2D eigenvalue weighted by Crippen LogP contribution is 2.26. The molecule has 0 aromatic heterocycles. The summed E-state index contributed by atoms with van der Waals surface area (Å²) in [6, 6.07) is 10.1. The summed E-state index contributed by atoms with van der Waals surface area (Å²) in [4.78, 5) is 17.6. The van der Waals surface area contributed by atoms with Gasteiger partial charge in [-0.15, -0.1) is 0 Å². The lowest BCUT2D eigenvalue weighted by Crippen LogP contribution is -2.46. The fourth-order valence-corrected chi connectivity index (χ4v) is 3.96. The molecular formula is C19H29N3O. The summed E-state index contributed by atoms with van der Waals surface area (Å²) >= 11 is 0. The van der Waals surface area contributed by atoms with E-state index >= 15 is 0 Å². The van der Waals surface area contributed by atoms with E-state index in [1.54, 1.807) is 0 Å². The Morgan fingerprint density at radius 2 is 1.87 bits per heavy atom. The number of benzene rings is 1. The van der Waals surface area contributed by atoms with Gasteiger partial charge in [0, 0.05) is 25.2 Å². The van der Waals surface area contributed by atoms with Crippen molar-refractivity contribution in [1.82, 2.24) is 9.80 Å². The third-order valence-corrected chi connectivity index (χ3v) is 5.44. The van der Waals surface area contributed by atoms with E-state index < -0.39 is 0 Å². The fourth-order valence-electron chi connectivity index (χ4n) is 3.96. The molecule has 0 aliphatic carbocycles. The maximum Gasteiger partial charge on any atom is 0.227 e. The molecule has 0 spiro atoms. The van der Waals surface area contributed by atoms with E-state index in [1.807, 2.05) is 37.3 Å². The van der Waals surface area contributed by atoms with Gasteiger partial charge in [-0.2, -0.15) is 0 Å². The minimum absolute atomic E-state index is 0.170. The molecule has 2 saturated heterocycles. The standard InChI is InChI=1S/C19H29N3O/c1-15(18(20)16-8-3-2-4-9-16)19(23)22-13-7-10-17(22)14-21-11-5-6-12-21/h2-4,8-9,15,17-18H,5-7,10-14,20H2,1H3. The normalized spacial score (nSPS) is 24.8. The third-order valence-electron chi connectivity index (χ3n) is 5.44. The Morgan fingerprint density at radius 3 is 2.57 bits per heavy atom. The van der Waals surface area contributed by atoms with E-state index in [1.165, 1.54) is 25.9 Å². The average molecular weight is 315 g/mol. The Hall–Kier alpha value is -1.39. The Kier molecular flexibility index (Phi) is 5.34. The molecule has 2 heterocycles. The maximum absolute atomic E-state index is 13.0. The average Bonchev–Trinajstić information content (AvgIpc) is 3.26. The second-order valence-electron chi connectivity index (χ2n) is 7.06. The molecule has 2 aliphatic rings. The topological polar surface area (TPSA) is 49.6 Å². The van der Waals surface area contributed by atoms with E-state index in [0.717, 1.165) is 31.5 Å². The molecule has 3 atom stereocenters. The van der Waals surface area contributed by atoms with Crippen LogP contribution in [0.1, 0.15) is 44.2 Å². The first-order chi connectivity index (χ1) is 11.2. The molecule has 4 nitrogen and oxygen atoms in total. The molecule has 3 unspecified atom stereocenters. The van der Waals surface area contributed by atoms with Crippen LogP contribution < -0.4 is 5.73 Å². The lowest BCUT2D eigenvalue weighted by Gasteiger charge is -2.32. The lowest BCUT2D eigenvalue weighted by atomic mass is 9.94. The van der Waals surface area contributed by atoms with Crippen LogP contribution in [0.5, 0.6) is 0 Å². The predicted octanol–water partition coefficient (Wildman–Crippen LogP) is 2.41. The van der Waals surface area contributed by atoms with Crippen molar-refractivity contribution in [3.8, 4) is 0 Å². The Morgan fingerprint density at radius 1 is 1.17 bits per heavy atom. The van der Waals surface area contributed by atoms with Crippen LogP contribution in [0.15, 0.2) is 30.3 Å². The predicted molar refractivity (Wildman–Crippen MR) is 92.9 cm³/mol. The summed E-state index contributed by atoms with van der Waals surface area (Å²) in [6.07, 6.45) is 4.86. The van der Waals surface area contributed by atoms with Gasteiger partial charge in [0.15, 0.2) is 0 Å². The van der Waals surface area contributed by atoms with Crippen LogP contribution in [0.3, 0.4) is 0 Å². The van der Waals surface area contributed by atoms with Gasteiger partial charge in [-0.1, -0.05) is 37.3 Å². The Balaban J connectivity index is 1.63. The van der Waals surface area contributed by atoms with Gasteiger partial charge in [0.1, 0.15) is 0 Å². The largest absolute Gasteiger partial charge is 0.338 e. The minimum Gasteiger partial charge on any atom is -0.338 e. The van der Waals surface area contributed by atoms with E-state index in [0.29, 0.717) is 6.04 Å². The van der Waals surface area contributed by atoms with Crippen LogP contribution in [-0.4, -0.2) is 47.9 Å². The van der Waals surface area contributed by atoms with Crippen molar-refractivity contribution in [1.29, 1.82) is 0 Å². The van der Waals surface area contributed by atoms with Gasteiger partial charge in [0.05, 0.1) is 5.92 Å². The van der Waals surface area contributed by atoms with Crippen LogP contribution in [0.4, 0.5) is 0 Å². The minimum atomic E-state index is -0.225. The number of nitrogens with two attached hydrogens (primary N) is 1. The monoisotopic (exact) mass is 315 g/mol. The van der Waals surface area contributed by atoms with Crippen LogP contribution >= 0.6 is 0 Å². The van der Waals surface area contributed by atoms with Gasteiger partial charge < -0.3 is 15.5 Å². The highest BCUT2D eigenvalue weighted by molar-refractivity contribution is 5.80. The van der Waals surface area contributed by atoms with E-state index in [-0.39, 0.29) is 17.9 Å². The summed E-state index contributed by atoms with van der Waals surface area (Å²) in [5, 5.41) is 0. The van der Waals surface area contributed by atoms with Crippen LogP contribution in [0.2, 0.25) is 0 Å². The number of hydrogen-bond acceptors (Lipinski definition) is 3. The number of carbonyl (C=O) groups excluding carboxylic acids is 1. The molecular weight excluding hydrogens is 286 g/mol. The second-order valence-corrected chi connectivity index (χ2v) is 7.06. The first kappa shape index (κ1) is 16.5. The summed E-state index contributed by atoms with van der Waals surface area (Å²) in [5.41, 5.74) is 7.40. The van der Waals surface area contributed by atoms with Gasteiger partial charge in [0.25, 0.3) is 0 Å². The van der Waals surface area contributed by atoms with Gasteiger partial charge in [-0.25, -0.2) is 0 Å². The first-order valence-corrected chi connectivity index (χ1v) is 9.00. The van der Waals surface area contributed by atoms with Gasteiger partial charge in [-0.3, -0.25) is 4.79 Å². The highest BCUT2D eigenvalue weighted by atomic mass is 16.2. The Bertz CT molecular complexity index is 513. The quantitative estimate of drug-likeness (QED) is 0.908. The van der Waals surface area contributed by atoms with Crippen LogP contribution in [-0.2, 0) is 4.79 Å². The first-order valence-electron chi connectivity index (χ1n) is 9.00. The number of likely N-dealkylation sites (tertiary alicyclic amines) is 2. The summed E-state index contributed by atoms with van der Waals surface area (Å²) in [7, 11) is 0. The molecule has 1 amide bonds. The third kappa shape index (κ3) is 3.75. The molecule has 4 heteroatoms. The van der Waals surface area contributed by atoms with E-state index in [4.69, 9.17) is 5.73 Å². The fraction of sp³-hybridized carbons (Fsp3) is 0.632. The number of nitrogens with zero attached hydrogens (tertiary/aromatic N) is 2. The molecule has 126 valence electrons. The molecule has 1 aromatic carbocycles. The van der Waals surface area contributed by atoms with Crippen molar-refractivity contribution in [3.05, 3.63) is 35.9 Å². The molecule has 0 saturated carbocycles. The van der Waals surface area contributed by atoms with Gasteiger partial charge in [-0.05, 0) is 44.3 Å². The summed E-state index contributed by atoms with van der Waals surface area (Å²) in [5.74, 6) is 0.0552. The molecule has 2 N–H and O–H groups in total. The van der Waals surface area contributed by atoms with E-state index in [2.05, 4.69) is 9.80 Å². The molecule has 2 aliphatic heterocycles. The zero-order valence-corrected chi connectivity index (χ0v) is 14.2. The van der Waals surface area contributed by atoms with Crippen LogP contribution in [0.25, 0.3) is 0 Å². The smallest absolute Gasteiger partial charge is 0.227 e. The number of carbonyl (C=O) groups is 1. The summed E-state index contributed by atoms with van der Waals surface area (Å²) < 4.78 is 0. The van der Waals surface area contributed by atoms with E-state index in [9.17, 15) is 4.79 Å². The van der Waals surface area contributed by atoms with Gasteiger partial charge >= 0.3 is 0 Å². The zero-order chi connectivity index (χ0) is 16.2. The SMILES string of the molecule is CC(C(=O)N1CCCC1CN1CCCC1)C(N)c1ccccc1. The maximum atomic E-state index is 13.0. The number of rotatable bonds is 5. The summed E-state index contributed by atoms with van der Waals surface area (Å²) in [6.45, 7) is 6.29. The molecule has 1 aromatic rings. The van der Waals surface area contributed by atoms with Crippen molar-refractivity contribution < 1.29 is 4.79 Å². The van der Waals surface area contributed by atoms with Crippen LogP contribution in [0, 0.1) is 5.92 Å². The molecule has 0 bridgehead atoms. The molecule has 23 heavy (non-hydrogen) atoms. The second kappa shape index (κ2) is 7.45. The number of amides is 1. The lowest BCUT2D eigenvalue weighted by molar-refractivity contribution is -0.136. The molecule has 2 fully saturated rings. The molecule has 3 rings (SSSR count). The zero-order valence-electron chi connectivity index (χ0n) is 14.2. The van der Waals surface area contributed by atoms with Crippen molar-refractivity contribution in [2.45, 2.75) is 44.7 Å². The highest BCUT2D eigenvalue weighted by Gasteiger charge is 2.35. The number of hydrogen-bond donors (Lipinski definition) is 1. The van der Waals surface area contributed by atoms with Gasteiger partial charge in [0.2, 0.25) is 5.91 Å². The van der Waals surface area contributed by atoms with Crippen molar-refractivity contribution in [2.24, 2.45) is 11.7 Å². The molecule has 0 radical (unpaired) electrons. The van der Waals surface area contributed by atoms with Crippen molar-refractivity contribution >= 4 is 5.91 Å². The van der Waals surface area contributed by atoms with Crippen molar-refractivity contribution in [2.75, 3.05) is 26.2 Å². The Labute approximate surface area is 139 Å².